The summed E-state index contributed by atoms with van der Waals surface area (Å²) in [7, 11) is 0. The monoisotopic (exact) mass is 241 g/mol. The molecule has 0 aliphatic carbocycles. The molecular weight excluding hydrogens is 234 g/mol. The predicted octanol–water partition coefficient (Wildman–Crippen LogP) is 0.451. The second kappa shape index (κ2) is 4.56. The van der Waals surface area contributed by atoms with Crippen LogP contribution in [0.5, 0.6) is 0 Å². The summed E-state index contributed by atoms with van der Waals surface area (Å²) in [5.41, 5.74) is 10.8. The first-order chi connectivity index (χ1) is 6.18. The lowest BCUT2D eigenvalue weighted by Gasteiger charge is -1.90. The topological polar surface area (TPSA) is 89.7 Å². The van der Waals surface area contributed by atoms with Crippen LogP contribution in [0.4, 0.5) is 0 Å². The molecule has 0 aliphatic heterocycles. The van der Waals surface area contributed by atoms with E-state index >= 15 is 0 Å². The molecule has 0 bridgehead atoms. The number of nitrogens with zero attached hydrogens (tertiary/aromatic N) is 3. The molecule has 0 aliphatic rings. The lowest BCUT2D eigenvalue weighted by molar-refractivity contribution is 1.20. The van der Waals surface area contributed by atoms with Crippen molar-refractivity contribution in [3.63, 3.8) is 0 Å². The van der Waals surface area contributed by atoms with Gasteiger partial charge in [-0.05, 0) is 28.1 Å². The van der Waals surface area contributed by atoms with Crippen LogP contribution >= 0.6 is 15.9 Å². The van der Waals surface area contributed by atoms with Gasteiger partial charge in [0.1, 0.15) is 0 Å². The number of nitrogens with two attached hydrogens (primary N) is 2. The number of halogens is 1. The minimum absolute atomic E-state index is 0.0756. The lowest BCUT2D eigenvalue weighted by atomic mass is 10.4. The molecule has 0 spiro atoms. The predicted molar refractivity (Wildman–Crippen MR) is 55.3 cm³/mol. The van der Waals surface area contributed by atoms with E-state index in [9.17, 15) is 0 Å². The van der Waals surface area contributed by atoms with Gasteiger partial charge in [0.15, 0.2) is 0 Å². The summed E-state index contributed by atoms with van der Waals surface area (Å²) in [4.78, 5) is 4.03. The van der Waals surface area contributed by atoms with Gasteiger partial charge in [-0.3, -0.25) is 4.98 Å². The van der Waals surface area contributed by atoms with Gasteiger partial charge in [0.25, 0.3) is 0 Å². The molecule has 0 aromatic carbocycles. The first-order valence-corrected chi connectivity index (χ1v) is 4.21. The van der Waals surface area contributed by atoms with Gasteiger partial charge in [-0.25, -0.2) is 0 Å². The standard InChI is InChI=1S/C7H8BrN5/c8-5-1-2-6(11-3-5)4-12-13-7(9)10/h1-4H,(H4,9,10,13)/b12-4+. The van der Waals surface area contributed by atoms with Crippen LogP contribution in [-0.4, -0.2) is 17.2 Å². The van der Waals surface area contributed by atoms with Gasteiger partial charge >= 0.3 is 0 Å². The molecule has 6 heteroatoms. The van der Waals surface area contributed by atoms with Gasteiger partial charge in [0.05, 0.1) is 11.9 Å². The van der Waals surface area contributed by atoms with Crippen molar-refractivity contribution < 1.29 is 0 Å². The van der Waals surface area contributed by atoms with Crippen LogP contribution < -0.4 is 11.5 Å². The summed E-state index contributed by atoms with van der Waals surface area (Å²) in [6.45, 7) is 0. The fraction of sp³-hybridized carbons (Fsp3) is 0. The Labute approximate surface area is 83.7 Å². The first-order valence-electron chi connectivity index (χ1n) is 3.42. The normalized spacial score (nSPS) is 10.2. The highest BCUT2D eigenvalue weighted by Crippen LogP contribution is 2.05. The number of hydrogen-bond acceptors (Lipinski definition) is 3. The zero-order valence-electron chi connectivity index (χ0n) is 6.68. The Kier molecular flexibility index (Phi) is 3.39. The molecule has 4 N–H and O–H groups in total. The van der Waals surface area contributed by atoms with E-state index in [2.05, 4.69) is 31.1 Å². The van der Waals surface area contributed by atoms with Gasteiger partial charge in [0.2, 0.25) is 5.96 Å². The molecule has 68 valence electrons. The van der Waals surface area contributed by atoms with Crippen molar-refractivity contribution in [3.05, 3.63) is 28.5 Å². The number of hydrogen-bond donors (Lipinski definition) is 2. The Balaban J connectivity index is 2.70. The van der Waals surface area contributed by atoms with Gasteiger partial charge in [0, 0.05) is 10.7 Å². The fourth-order valence-electron chi connectivity index (χ4n) is 0.618. The van der Waals surface area contributed by atoms with Crippen LogP contribution in [0, 0.1) is 0 Å². The van der Waals surface area contributed by atoms with Crippen molar-refractivity contribution in [2.75, 3.05) is 0 Å². The van der Waals surface area contributed by atoms with Crippen LogP contribution in [0.25, 0.3) is 0 Å². The number of pyridine rings is 1. The minimum atomic E-state index is -0.0756. The summed E-state index contributed by atoms with van der Waals surface area (Å²) in [5, 5.41) is 7.04. The highest BCUT2D eigenvalue weighted by molar-refractivity contribution is 9.10. The maximum absolute atomic E-state index is 5.07. The highest BCUT2D eigenvalue weighted by atomic mass is 79.9. The van der Waals surface area contributed by atoms with Crippen molar-refractivity contribution in [2.45, 2.75) is 0 Å². The molecule has 0 atom stereocenters. The second-order valence-corrected chi connectivity index (χ2v) is 3.09. The Bertz CT molecular complexity index is 325. The third kappa shape index (κ3) is 3.66. The maximum atomic E-state index is 5.07. The molecule has 13 heavy (non-hydrogen) atoms. The van der Waals surface area contributed by atoms with E-state index in [1.54, 1.807) is 12.3 Å². The van der Waals surface area contributed by atoms with Crippen LogP contribution in [0.1, 0.15) is 5.69 Å². The van der Waals surface area contributed by atoms with Crippen LogP contribution in [0.2, 0.25) is 0 Å². The molecule has 0 amide bonds. The third-order valence-electron chi connectivity index (χ3n) is 1.11. The van der Waals surface area contributed by atoms with E-state index in [0.717, 1.165) is 4.47 Å². The molecule has 1 heterocycles. The second-order valence-electron chi connectivity index (χ2n) is 2.17. The molecule has 5 nitrogen and oxygen atoms in total. The fourth-order valence-corrected chi connectivity index (χ4v) is 0.853. The van der Waals surface area contributed by atoms with E-state index in [0.29, 0.717) is 5.69 Å². The number of aromatic nitrogens is 1. The Morgan fingerprint density at radius 2 is 2.23 bits per heavy atom. The average Bonchev–Trinajstić information content (AvgIpc) is 2.08. The summed E-state index contributed by atoms with van der Waals surface area (Å²) < 4.78 is 0.909. The van der Waals surface area contributed by atoms with E-state index < -0.39 is 0 Å². The maximum Gasteiger partial charge on any atom is 0.211 e. The van der Waals surface area contributed by atoms with E-state index in [1.807, 2.05) is 6.07 Å². The van der Waals surface area contributed by atoms with Gasteiger partial charge in [-0.2, -0.15) is 5.10 Å². The quantitative estimate of drug-likeness (QED) is 0.448. The molecule has 0 radical (unpaired) electrons. The number of guanidine groups is 1. The summed E-state index contributed by atoms with van der Waals surface area (Å²) in [5.74, 6) is -0.0756. The van der Waals surface area contributed by atoms with Gasteiger partial charge in [-0.15, -0.1) is 5.10 Å². The molecule has 0 fully saturated rings. The first kappa shape index (κ1) is 9.66. The Hall–Kier alpha value is -1.43. The lowest BCUT2D eigenvalue weighted by Crippen LogP contribution is -2.21. The molecule has 1 aromatic heterocycles. The highest BCUT2D eigenvalue weighted by Gasteiger charge is 1.88. The molecule has 1 aromatic rings. The van der Waals surface area contributed by atoms with Crippen molar-refractivity contribution in [2.24, 2.45) is 21.7 Å². The van der Waals surface area contributed by atoms with Crippen LogP contribution in [-0.2, 0) is 0 Å². The smallest absolute Gasteiger partial charge is 0.211 e. The van der Waals surface area contributed by atoms with E-state index in [1.165, 1.54) is 6.21 Å². The third-order valence-corrected chi connectivity index (χ3v) is 1.58. The van der Waals surface area contributed by atoms with Crippen LogP contribution in [0.15, 0.2) is 33.0 Å². The average molecular weight is 242 g/mol. The van der Waals surface area contributed by atoms with Crippen molar-refractivity contribution in [3.8, 4) is 0 Å². The minimum Gasteiger partial charge on any atom is -0.369 e. The van der Waals surface area contributed by atoms with Crippen LogP contribution in [0.3, 0.4) is 0 Å². The van der Waals surface area contributed by atoms with Gasteiger partial charge in [-0.1, -0.05) is 0 Å². The van der Waals surface area contributed by atoms with Crippen molar-refractivity contribution in [1.29, 1.82) is 0 Å². The Morgan fingerprint density at radius 3 is 2.77 bits per heavy atom. The summed E-state index contributed by atoms with van der Waals surface area (Å²) >= 11 is 3.26. The SMILES string of the molecule is NC(N)=N/N=C/c1ccc(Br)cn1. The summed E-state index contributed by atoms with van der Waals surface area (Å²) in [6.07, 6.45) is 3.13. The molecule has 0 unspecified atom stereocenters. The zero-order chi connectivity index (χ0) is 9.68. The zero-order valence-corrected chi connectivity index (χ0v) is 8.27. The number of rotatable bonds is 2. The van der Waals surface area contributed by atoms with Crippen molar-refractivity contribution >= 4 is 28.1 Å². The van der Waals surface area contributed by atoms with E-state index in [4.69, 9.17) is 11.5 Å². The molecule has 0 saturated carbocycles. The van der Waals surface area contributed by atoms with Crippen molar-refractivity contribution in [1.82, 2.24) is 4.98 Å². The largest absolute Gasteiger partial charge is 0.369 e. The Morgan fingerprint density at radius 1 is 1.46 bits per heavy atom. The summed E-state index contributed by atoms with van der Waals surface area (Å²) in [6, 6.07) is 3.64. The van der Waals surface area contributed by atoms with E-state index in [-0.39, 0.29) is 5.96 Å². The molecule has 0 saturated heterocycles. The molecular formula is C7H8BrN5. The molecule has 1 rings (SSSR count). The van der Waals surface area contributed by atoms with Gasteiger partial charge < -0.3 is 11.5 Å².